The molecule has 0 spiro atoms. The third kappa shape index (κ3) is 8.88. The molecule has 0 radical (unpaired) electrons. The van der Waals surface area contributed by atoms with Crippen LogP contribution in [0.15, 0.2) is 24.3 Å². The fourth-order valence-electron chi connectivity index (χ4n) is 0.815. The van der Waals surface area contributed by atoms with Crippen LogP contribution in [0.2, 0.25) is 0 Å². The van der Waals surface area contributed by atoms with Crippen LogP contribution in [-0.2, 0) is 16.2 Å². The maximum Gasteiger partial charge on any atom is 0.303 e. The first kappa shape index (κ1) is 14.9. The number of hydrogen-bond acceptors (Lipinski definition) is 4. The average molecular weight is 242 g/mol. The number of hydrogen-bond donors (Lipinski definition) is 4. The molecule has 0 aliphatic heterocycles. The van der Waals surface area contributed by atoms with Gasteiger partial charge in [-0.25, -0.2) is 0 Å². The summed E-state index contributed by atoms with van der Waals surface area (Å²) >= 11 is 0. The summed E-state index contributed by atoms with van der Waals surface area (Å²) in [5, 5.41) is 33.1. The molecule has 0 unspecified atom stereocenters. The smallest absolute Gasteiger partial charge is 0.303 e. The predicted octanol–water partition coefficient (Wildman–Crippen LogP) is 0.820. The number of carboxylic acids is 2. The van der Waals surface area contributed by atoms with Gasteiger partial charge < -0.3 is 20.4 Å². The van der Waals surface area contributed by atoms with E-state index in [4.69, 9.17) is 20.4 Å². The molecule has 6 nitrogen and oxygen atoms in total. The monoisotopic (exact) mass is 242 g/mol. The van der Waals surface area contributed by atoms with E-state index in [1.54, 1.807) is 24.3 Å². The van der Waals surface area contributed by atoms with Gasteiger partial charge in [0, 0.05) is 0 Å². The van der Waals surface area contributed by atoms with Crippen LogP contribution in [0.25, 0.3) is 0 Å². The van der Waals surface area contributed by atoms with Crippen molar-refractivity contribution in [2.45, 2.75) is 19.4 Å². The molecule has 0 saturated heterocycles. The molecule has 0 atom stereocenters. The maximum atomic E-state index is 9.64. The normalized spacial score (nSPS) is 9.00. The quantitative estimate of drug-likeness (QED) is 0.621. The Morgan fingerprint density at radius 3 is 1.65 bits per heavy atom. The second-order valence-electron chi connectivity index (χ2n) is 3.11. The van der Waals surface area contributed by atoms with Crippen LogP contribution in [0.3, 0.4) is 0 Å². The molecule has 1 aromatic carbocycles. The minimum atomic E-state index is -1.08. The van der Waals surface area contributed by atoms with Crippen LogP contribution in [-0.4, -0.2) is 32.4 Å². The van der Waals surface area contributed by atoms with Crippen molar-refractivity contribution in [2.24, 2.45) is 0 Å². The molecule has 1 aromatic rings. The fraction of sp³-hybridized carbons (Fsp3) is 0.273. The predicted molar refractivity (Wildman–Crippen MR) is 58.5 cm³/mol. The summed E-state index contributed by atoms with van der Waals surface area (Å²) in [5.74, 6) is -1.92. The zero-order valence-corrected chi connectivity index (χ0v) is 9.04. The lowest BCUT2D eigenvalue weighted by atomic mass is 10.2. The standard InChI is InChI=1S/C7H8O2.C4H6O4/c8-5-6-1-3-7(9)4-2-6;5-3(6)1-2-4(7)8/h1-4,8-9H,5H2;1-2H2,(H,5,6)(H,7,8). The number of phenols is 1. The molecule has 94 valence electrons. The van der Waals surface area contributed by atoms with Crippen molar-refractivity contribution in [3.63, 3.8) is 0 Å². The molecule has 0 aliphatic carbocycles. The Morgan fingerprint density at radius 1 is 0.941 bits per heavy atom. The Morgan fingerprint density at radius 2 is 1.35 bits per heavy atom. The topological polar surface area (TPSA) is 115 Å². The molecule has 6 heteroatoms. The lowest BCUT2D eigenvalue weighted by Crippen LogP contribution is -2.00. The number of carboxylic acid groups (broad SMARTS) is 2. The molecule has 0 aliphatic rings. The third-order valence-corrected chi connectivity index (χ3v) is 1.67. The van der Waals surface area contributed by atoms with Crippen LogP contribution in [0.5, 0.6) is 5.75 Å². The molecule has 0 fully saturated rings. The van der Waals surface area contributed by atoms with Gasteiger partial charge in [-0.2, -0.15) is 0 Å². The van der Waals surface area contributed by atoms with Crippen LogP contribution in [0.4, 0.5) is 0 Å². The van der Waals surface area contributed by atoms with E-state index in [9.17, 15) is 9.59 Å². The van der Waals surface area contributed by atoms with Crippen LogP contribution in [0, 0.1) is 0 Å². The summed E-state index contributed by atoms with van der Waals surface area (Å²) < 4.78 is 0. The first-order valence-electron chi connectivity index (χ1n) is 4.78. The fourth-order valence-corrected chi connectivity index (χ4v) is 0.815. The number of aromatic hydroxyl groups is 1. The highest BCUT2D eigenvalue weighted by Gasteiger charge is 2.00. The van der Waals surface area contributed by atoms with E-state index < -0.39 is 11.9 Å². The number of phenolic OH excluding ortho intramolecular Hbond substituents is 1. The highest BCUT2D eigenvalue weighted by atomic mass is 16.4. The Kier molecular flexibility index (Phi) is 7.12. The van der Waals surface area contributed by atoms with Crippen molar-refractivity contribution in [3.8, 4) is 5.75 Å². The van der Waals surface area contributed by atoms with Gasteiger partial charge in [0.25, 0.3) is 0 Å². The molecule has 0 amide bonds. The van der Waals surface area contributed by atoms with Crippen molar-refractivity contribution in [1.82, 2.24) is 0 Å². The zero-order chi connectivity index (χ0) is 13.3. The van der Waals surface area contributed by atoms with E-state index in [2.05, 4.69) is 0 Å². The number of aliphatic hydroxyl groups is 1. The zero-order valence-electron chi connectivity index (χ0n) is 9.04. The SMILES string of the molecule is O=C(O)CCC(=O)O.OCc1ccc(O)cc1. The maximum absolute atomic E-state index is 9.64. The summed E-state index contributed by atoms with van der Waals surface area (Å²) in [7, 11) is 0. The number of aliphatic carboxylic acids is 2. The Hall–Kier alpha value is -2.08. The lowest BCUT2D eigenvalue weighted by Gasteiger charge is -1.93. The summed E-state index contributed by atoms with van der Waals surface area (Å²) in [4.78, 5) is 19.3. The average Bonchev–Trinajstić information content (AvgIpc) is 2.28. The molecule has 0 bridgehead atoms. The summed E-state index contributed by atoms with van der Waals surface area (Å²) in [6.45, 7) is 0.0281. The minimum Gasteiger partial charge on any atom is -0.508 e. The van der Waals surface area contributed by atoms with Gasteiger partial charge in [0.05, 0.1) is 19.4 Å². The van der Waals surface area contributed by atoms with Crippen LogP contribution in [0.1, 0.15) is 18.4 Å². The molecule has 0 saturated carbocycles. The van der Waals surface area contributed by atoms with Gasteiger partial charge in [-0.1, -0.05) is 12.1 Å². The molecular weight excluding hydrogens is 228 g/mol. The summed E-state index contributed by atoms with van der Waals surface area (Å²) in [5.41, 5.74) is 0.813. The molecule has 0 heterocycles. The molecule has 4 N–H and O–H groups in total. The van der Waals surface area contributed by atoms with Gasteiger partial charge in [-0.3, -0.25) is 9.59 Å². The van der Waals surface area contributed by atoms with Gasteiger partial charge in [0.15, 0.2) is 0 Å². The van der Waals surface area contributed by atoms with E-state index in [1.165, 1.54) is 0 Å². The van der Waals surface area contributed by atoms with Crippen molar-refractivity contribution in [2.75, 3.05) is 0 Å². The van der Waals surface area contributed by atoms with Crippen molar-refractivity contribution in [3.05, 3.63) is 29.8 Å². The Labute approximate surface area is 97.8 Å². The van der Waals surface area contributed by atoms with Crippen LogP contribution >= 0.6 is 0 Å². The molecular formula is C11H14O6. The Bertz CT molecular complexity index is 343. The number of benzene rings is 1. The van der Waals surface area contributed by atoms with Gasteiger partial charge in [-0.05, 0) is 17.7 Å². The first-order valence-corrected chi connectivity index (χ1v) is 4.78. The second kappa shape index (κ2) is 8.12. The minimum absolute atomic E-state index is 0.0281. The molecule has 17 heavy (non-hydrogen) atoms. The lowest BCUT2D eigenvalue weighted by molar-refractivity contribution is -0.143. The largest absolute Gasteiger partial charge is 0.508 e. The van der Waals surface area contributed by atoms with E-state index in [0.29, 0.717) is 0 Å². The second-order valence-corrected chi connectivity index (χ2v) is 3.11. The van der Waals surface area contributed by atoms with Gasteiger partial charge in [0.1, 0.15) is 5.75 Å². The van der Waals surface area contributed by atoms with E-state index in [0.717, 1.165) is 5.56 Å². The summed E-state index contributed by atoms with van der Waals surface area (Å²) in [6.07, 6.45) is -0.593. The van der Waals surface area contributed by atoms with E-state index >= 15 is 0 Å². The highest BCUT2D eigenvalue weighted by molar-refractivity contribution is 5.75. The van der Waals surface area contributed by atoms with Crippen molar-refractivity contribution < 1.29 is 30.0 Å². The third-order valence-electron chi connectivity index (χ3n) is 1.67. The molecule has 0 aromatic heterocycles. The van der Waals surface area contributed by atoms with Gasteiger partial charge in [0.2, 0.25) is 0 Å². The first-order chi connectivity index (χ1) is 7.95. The number of aliphatic hydroxyl groups excluding tert-OH is 1. The summed E-state index contributed by atoms with van der Waals surface area (Å²) in [6, 6.07) is 6.45. The number of carbonyl (C=O) groups is 2. The van der Waals surface area contributed by atoms with Crippen LogP contribution < -0.4 is 0 Å². The Balaban J connectivity index is 0.000000304. The molecule has 1 rings (SSSR count). The van der Waals surface area contributed by atoms with Gasteiger partial charge >= 0.3 is 11.9 Å². The van der Waals surface area contributed by atoms with Gasteiger partial charge in [-0.15, -0.1) is 0 Å². The van der Waals surface area contributed by atoms with E-state index in [1.807, 2.05) is 0 Å². The van der Waals surface area contributed by atoms with E-state index in [-0.39, 0.29) is 25.2 Å². The van der Waals surface area contributed by atoms with Crippen molar-refractivity contribution >= 4 is 11.9 Å². The number of rotatable bonds is 4. The van der Waals surface area contributed by atoms with Crippen molar-refractivity contribution in [1.29, 1.82) is 0 Å². The highest BCUT2D eigenvalue weighted by Crippen LogP contribution is 2.08.